The van der Waals surface area contributed by atoms with Crippen molar-refractivity contribution in [2.24, 2.45) is 5.73 Å². The van der Waals surface area contributed by atoms with Crippen LogP contribution < -0.4 is 16.8 Å². The Bertz CT molecular complexity index is 1690. The molecule has 0 bridgehead atoms. The van der Waals surface area contributed by atoms with E-state index in [1.807, 2.05) is 0 Å². The number of thioether (sulfide) groups is 2. The van der Waals surface area contributed by atoms with Crippen LogP contribution in [0.4, 0.5) is 18.3 Å². The van der Waals surface area contributed by atoms with Crippen molar-refractivity contribution in [2.75, 3.05) is 17.2 Å². The number of nitrogens with zero attached hydrogens (tertiary/aromatic N) is 5. The molecule has 6 N–H and O–H groups in total. The standard InChI is InChI=1S/C21H15F3N8O6S3/c22-21(23,24)9-1-10(29-15-7(14(25)34)2-27-32(9)15)39-3-6-4-40-18-11(17(36)31(18)12(6)19(37)38)30-16(35)13(33)8-5-41-20(26)28-8/h1-2,5,11,18H,3-4H2,(H2,25,34)(H2,26,28)(H,30,35)(H,37,38)/t11-,18-/m1/s1. The molecule has 5 heterocycles. The van der Waals surface area contributed by atoms with Crippen LogP contribution in [-0.4, -0.2) is 82.0 Å². The molecule has 2 aliphatic heterocycles. The minimum absolute atomic E-state index is 0.0413. The first kappa shape index (κ1) is 28.4. The zero-order valence-corrected chi connectivity index (χ0v) is 22.5. The summed E-state index contributed by atoms with van der Waals surface area (Å²) in [5, 5.41) is 16.0. The number of primary amides is 1. The average Bonchev–Trinajstić information content (AvgIpc) is 3.54. The maximum Gasteiger partial charge on any atom is 0.433 e. The number of thiazole rings is 1. The second-order valence-electron chi connectivity index (χ2n) is 8.44. The van der Waals surface area contributed by atoms with E-state index in [0.717, 1.165) is 46.0 Å². The van der Waals surface area contributed by atoms with Crippen LogP contribution in [0.25, 0.3) is 5.65 Å². The van der Waals surface area contributed by atoms with Crippen molar-refractivity contribution in [3.63, 3.8) is 0 Å². The largest absolute Gasteiger partial charge is 0.477 e. The third-order valence-electron chi connectivity index (χ3n) is 5.90. The molecule has 0 aliphatic carbocycles. The first-order chi connectivity index (χ1) is 19.3. The molecule has 0 saturated carbocycles. The summed E-state index contributed by atoms with van der Waals surface area (Å²) < 4.78 is 41.5. The number of rotatable bonds is 8. The Hall–Kier alpha value is -4.17. The number of fused-ring (bicyclic) bond motifs is 2. The zero-order chi connectivity index (χ0) is 29.8. The molecule has 3 amide bonds. The van der Waals surface area contributed by atoms with Crippen molar-refractivity contribution in [3.8, 4) is 0 Å². The van der Waals surface area contributed by atoms with Gasteiger partial charge in [0.2, 0.25) is 0 Å². The SMILES string of the molecule is NC(=O)c1cnn2c(C(F)(F)F)cc(SCC3=C(C(=O)O)N4C(=O)[C@@H](NC(=O)C(=O)c5csc(N)n5)[C@H]4SC3)nc12. The van der Waals surface area contributed by atoms with Crippen molar-refractivity contribution in [1.29, 1.82) is 0 Å². The molecule has 0 aromatic carbocycles. The van der Waals surface area contributed by atoms with E-state index in [2.05, 4.69) is 20.4 Å². The lowest BCUT2D eigenvalue weighted by Gasteiger charge is -2.49. The molecule has 3 aromatic heterocycles. The van der Waals surface area contributed by atoms with Crippen molar-refractivity contribution in [2.45, 2.75) is 22.6 Å². The summed E-state index contributed by atoms with van der Waals surface area (Å²) in [6, 6.07) is -0.494. The molecule has 2 aliphatic rings. The van der Waals surface area contributed by atoms with Crippen molar-refractivity contribution >= 4 is 75.1 Å². The number of nitrogens with one attached hydrogen (secondary N) is 1. The fourth-order valence-electron chi connectivity index (χ4n) is 4.06. The number of carbonyl (C=O) groups is 5. The van der Waals surface area contributed by atoms with Crippen molar-refractivity contribution < 1.29 is 42.3 Å². The molecule has 0 unspecified atom stereocenters. The quantitative estimate of drug-likeness (QED) is 0.0887. The van der Waals surface area contributed by atoms with Gasteiger partial charge in [0.05, 0.1) is 6.20 Å². The molecule has 214 valence electrons. The number of anilines is 1. The molecule has 20 heteroatoms. The predicted octanol–water partition coefficient (Wildman–Crippen LogP) is 0.599. The van der Waals surface area contributed by atoms with E-state index in [4.69, 9.17) is 11.5 Å². The number of nitrogen functional groups attached to an aromatic ring is 1. The Balaban J connectivity index is 1.36. The van der Waals surface area contributed by atoms with Gasteiger partial charge in [0.1, 0.15) is 33.4 Å². The highest BCUT2D eigenvalue weighted by Gasteiger charge is 2.54. The van der Waals surface area contributed by atoms with Crippen molar-refractivity contribution in [3.05, 3.63) is 45.9 Å². The maximum atomic E-state index is 13.7. The van der Waals surface area contributed by atoms with Gasteiger partial charge >= 0.3 is 12.1 Å². The van der Waals surface area contributed by atoms with Crippen molar-refractivity contribution in [1.82, 2.24) is 29.8 Å². The lowest BCUT2D eigenvalue weighted by molar-refractivity contribution is -0.150. The highest BCUT2D eigenvalue weighted by molar-refractivity contribution is 8.01. The first-order valence-corrected chi connectivity index (χ1v) is 14.0. The zero-order valence-electron chi connectivity index (χ0n) is 20.0. The van der Waals surface area contributed by atoms with E-state index in [1.54, 1.807) is 0 Å². The summed E-state index contributed by atoms with van der Waals surface area (Å²) in [6.45, 7) is 0. The van der Waals surface area contributed by atoms with E-state index >= 15 is 0 Å². The van der Waals surface area contributed by atoms with E-state index in [1.165, 1.54) is 5.38 Å². The number of β-lactam (4-membered cyclic amide) rings is 1. The topological polar surface area (TPSA) is 216 Å². The number of carbonyl (C=O) groups excluding carboxylic acids is 4. The number of aromatic nitrogens is 4. The van der Waals surface area contributed by atoms with Crippen LogP contribution in [0.15, 0.2) is 33.9 Å². The Labute approximate surface area is 238 Å². The smallest absolute Gasteiger partial charge is 0.433 e. The number of hydrogen-bond acceptors (Lipinski definition) is 12. The summed E-state index contributed by atoms with van der Waals surface area (Å²) in [5.74, 6) is -5.56. The summed E-state index contributed by atoms with van der Waals surface area (Å²) in [4.78, 5) is 70.0. The van der Waals surface area contributed by atoms with Crippen LogP contribution in [0.5, 0.6) is 0 Å². The van der Waals surface area contributed by atoms with Gasteiger partial charge in [-0.3, -0.25) is 24.1 Å². The lowest BCUT2D eigenvalue weighted by Crippen LogP contribution is -2.71. The summed E-state index contributed by atoms with van der Waals surface area (Å²) >= 11 is 2.80. The number of hydrogen-bond donors (Lipinski definition) is 4. The Kier molecular flexibility index (Phi) is 7.15. The van der Waals surface area contributed by atoms with Gasteiger partial charge in [-0.15, -0.1) is 34.9 Å². The Morgan fingerprint density at radius 1 is 1.24 bits per heavy atom. The first-order valence-electron chi connectivity index (χ1n) is 11.1. The van der Waals surface area contributed by atoms with Gasteiger partial charge in [-0.25, -0.2) is 19.3 Å². The molecular weight excluding hydrogens is 613 g/mol. The van der Waals surface area contributed by atoms with Gasteiger partial charge in [-0.05, 0) is 5.57 Å². The average molecular weight is 629 g/mol. The molecule has 2 atom stereocenters. The van der Waals surface area contributed by atoms with Gasteiger partial charge in [0, 0.05) is 23.0 Å². The minimum Gasteiger partial charge on any atom is -0.477 e. The second-order valence-corrected chi connectivity index (χ2v) is 11.4. The summed E-state index contributed by atoms with van der Waals surface area (Å²) in [5.41, 5.74) is 8.32. The highest BCUT2D eigenvalue weighted by Crippen LogP contribution is 2.42. The van der Waals surface area contributed by atoms with Crippen LogP contribution in [0.2, 0.25) is 0 Å². The molecule has 0 spiro atoms. The van der Waals surface area contributed by atoms with Gasteiger partial charge < -0.3 is 21.9 Å². The van der Waals surface area contributed by atoms with Gasteiger partial charge in [0.25, 0.3) is 23.5 Å². The Morgan fingerprint density at radius 3 is 2.59 bits per heavy atom. The maximum absolute atomic E-state index is 13.7. The summed E-state index contributed by atoms with van der Waals surface area (Å²) in [7, 11) is 0. The Morgan fingerprint density at radius 2 is 1.98 bits per heavy atom. The lowest BCUT2D eigenvalue weighted by atomic mass is 10.0. The van der Waals surface area contributed by atoms with E-state index in [9.17, 15) is 42.3 Å². The normalized spacial score (nSPS) is 18.7. The fraction of sp³-hybridized carbons (Fsp3) is 0.238. The molecule has 3 aromatic rings. The number of halogens is 3. The summed E-state index contributed by atoms with van der Waals surface area (Å²) in [6.07, 6.45) is -4.00. The number of alkyl halides is 3. The molecular formula is C21H15F3N8O6S3. The highest BCUT2D eigenvalue weighted by atomic mass is 32.2. The molecule has 0 radical (unpaired) electrons. The van der Waals surface area contributed by atoms with E-state index < -0.39 is 64.1 Å². The fourth-order valence-corrected chi connectivity index (χ4v) is 6.99. The van der Waals surface area contributed by atoms with Crippen LogP contribution in [0.1, 0.15) is 26.5 Å². The van der Waals surface area contributed by atoms with E-state index in [-0.39, 0.29) is 38.5 Å². The van der Waals surface area contributed by atoms with E-state index in [0.29, 0.717) is 10.6 Å². The number of carboxylic acid groups (broad SMARTS) is 1. The molecule has 14 nitrogen and oxygen atoms in total. The number of carboxylic acids is 1. The number of nitrogens with two attached hydrogens (primary N) is 2. The van der Waals surface area contributed by atoms with Crippen LogP contribution in [0, 0.1) is 0 Å². The van der Waals surface area contributed by atoms with Crippen LogP contribution >= 0.6 is 34.9 Å². The monoisotopic (exact) mass is 628 g/mol. The molecule has 1 saturated heterocycles. The third kappa shape index (κ3) is 5.08. The number of Topliss-reactive ketones (excluding diaryl/α,β-unsaturated/α-hetero) is 1. The number of amides is 3. The number of ketones is 1. The third-order valence-corrected chi connectivity index (χ3v) is 8.91. The number of aliphatic carboxylic acids is 1. The van der Waals surface area contributed by atoms with Gasteiger partial charge in [-0.1, -0.05) is 0 Å². The molecule has 41 heavy (non-hydrogen) atoms. The van der Waals surface area contributed by atoms with Gasteiger partial charge in [-0.2, -0.15) is 18.3 Å². The van der Waals surface area contributed by atoms with Crippen LogP contribution in [0.3, 0.4) is 0 Å². The minimum atomic E-state index is -4.87. The molecule has 5 rings (SSSR count). The molecule has 1 fully saturated rings. The predicted molar refractivity (Wildman–Crippen MR) is 138 cm³/mol. The van der Waals surface area contributed by atoms with Crippen LogP contribution in [-0.2, 0) is 20.6 Å². The van der Waals surface area contributed by atoms with Gasteiger partial charge in [0.15, 0.2) is 16.5 Å². The second kappa shape index (κ2) is 10.3.